The van der Waals surface area contributed by atoms with Gasteiger partial charge in [0, 0.05) is 17.8 Å². The van der Waals surface area contributed by atoms with E-state index in [1.54, 1.807) is 26.4 Å². The summed E-state index contributed by atoms with van der Waals surface area (Å²) in [5.41, 5.74) is 2.33. The van der Waals surface area contributed by atoms with Crippen LogP contribution in [0.2, 0.25) is 0 Å². The Morgan fingerprint density at radius 2 is 1.28 bits per heavy atom. The standard InChI is InChI=1S/C23H22F3NO2/c1-15-21(23(24,25)26)14-18(12-16-4-8-19(28-2)9-5-16)22(27-15)13-17-6-10-20(29-3)11-7-17/h4-11,14H,12-13H2,1-3H3. The molecule has 0 atom stereocenters. The van der Waals surface area contributed by atoms with Gasteiger partial charge < -0.3 is 9.47 Å². The third-order valence-corrected chi connectivity index (χ3v) is 4.77. The number of halogens is 3. The van der Waals surface area contributed by atoms with Crippen molar-refractivity contribution in [3.05, 3.63) is 88.2 Å². The molecule has 0 aliphatic carbocycles. The molecular weight excluding hydrogens is 379 g/mol. The van der Waals surface area contributed by atoms with E-state index in [1.807, 2.05) is 36.4 Å². The molecule has 3 aromatic rings. The summed E-state index contributed by atoms with van der Waals surface area (Å²) in [4.78, 5) is 4.33. The van der Waals surface area contributed by atoms with Gasteiger partial charge in [-0.2, -0.15) is 13.2 Å². The van der Waals surface area contributed by atoms with Crippen molar-refractivity contribution in [1.82, 2.24) is 4.98 Å². The number of hydrogen-bond donors (Lipinski definition) is 0. The molecule has 0 aliphatic heterocycles. The van der Waals surface area contributed by atoms with Crippen LogP contribution in [0.1, 0.15) is 33.6 Å². The van der Waals surface area contributed by atoms with Gasteiger partial charge in [0.25, 0.3) is 0 Å². The van der Waals surface area contributed by atoms with Crippen LogP contribution < -0.4 is 9.47 Å². The first kappa shape index (κ1) is 20.7. The maximum atomic E-state index is 13.4. The lowest BCUT2D eigenvalue weighted by molar-refractivity contribution is -0.138. The van der Waals surface area contributed by atoms with Crippen molar-refractivity contribution in [2.75, 3.05) is 14.2 Å². The third-order valence-electron chi connectivity index (χ3n) is 4.77. The Hall–Kier alpha value is -3.02. The highest BCUT2D eigenvalue weighted by Crippen LogP contribution is 2.33. The number of hydrogen-bond acceptors (Lipinski definition) is 3. The molecule has 29 heavy (non-hydrogen) atoms. The number of benzene rings is 2. The van der Waals surface area contributed by atoms with Gasteiger partial charge in [0.15, 0.2) is 0 Å². The van der Waals surface area contributed by atoms with Crippen LogP contribution in [-0.4, -0.2) is 19.2 Å². The summed E-state index contributed by atoms with van der Waals surface area (Å²) in [7, 11) is 3.16. The number of ether oxygens (including phenoxy) is 2. The van der Waals surface area contributed by atoms with Crippen LogP contribution in [0.3, 0.4) is 0 Å². The molecule has 0 spiro atoms. The minimum absolute atomic E-state index is 0.0144. The second-order valence-corrected chi connectivity index (χ2v) is 6.77. The molecule has 3 rings (SSSR count). The monoisotopic (exact) mass is 401 g/mol. The van der Waals surface area contributed by atoms with Crippen molar-refractivity contribution in [3.63, 3.8) is 0 Å². The zero-order valence-corrected chi connectivity index (χ0v) is 16.5. The highest BCUT2D eigenvalue weighted by atomic mass is 19.4. The van der Waals surface area contributed by atoms with E-state index in [2.05, 4.69) is 4.98 Å². The first-order valence-electron chi connectivity index (χ1n) is 9.12. The fourth-order valence-corrected chi connectivity index (χ4v) is 3.19. The summed E-state index contributed by atoms with van der Waals surface area (Å²) >= 11 is 0. The lowest BCUT2D eigenvalue weighted by atomic mass is 9.96. The Morgan fingerprint density at radius 3 is 1.72 bits per heavy atom. The number of methoxy groups -OCH3 is 2. The normalized spacial score (nSPS) is 11.4. The van der Waals surface area contributed by atoms with Crippen molar-refractivity contribution in [2.45, 2.75) is 25.9 Å². The van der Waals surface area contributed by atoms with Gasteiger partial charge in [-0.3, -0.25) is 4.98 Å². The summed E-state index contributed by atoms with van der Waals surface area (Å²) in [6.07, 6.45) is -3.65. The second kappa shape index (κ2) is 8.55. The van der Waals surface area contributed by atoms with Crippen LogP contribution in [0.15, 0.2) is 54.6 Å². The van der Waals surface area contributed by atoms with E-state index in [1.165, 1.54) is 13.0 Å². The summed E-state index contributed by atoms with van der Waals surface area (Å²) < 4.78 is 50.6. The van der Waals surface area contributed by atoms with Crippen molar-refractivity contribution >= 4 is 0 Å². The van der Waals surface area contributed by atoms with Gasteiger partial charge in [-0.05, 0) is 60.4 Å². The molecule has 0 saturated carbocycles. The van der Waals surface area contributed by atoms with E-state index < -0.39 is 11.7 Å². The summed E-state index contributed by atoms with van der Waals surface area (Å²) in [6, 6.07) is 16.0. The van der Waals surface area contributed by atoms with E-state index in [0.717, 1.165) is 16.9 Å². The van der Waals surface area contributed by atoms with E-state index in [0.29, 0.717) is 29.8 Å². The second-order valence-electron chi connectivity index (χ2n) is 6.77. The fourth-order valence-electron chi connectivity index (χ4n) is 3.19. The van der Waals surface area contributed by atoms with Gasteiger partial charge >= 0.3 is 6.18 Å². The average Bonchev–Trinajstić information content (AvgIpc) is 2.70. The van der Waals surface area contributed by atoms with E-state index in [-0.39, 0.29) is 5.69 Å². The quantitative estimate of drug-likeness (QED) is 0.538. The Balaban J connectivity index is 1.99. The molecule has 3 nitrogen and oxygen atoms in total. The van der Waals surface area contributed by atoms with Crippen molar-refractivity contribution < 1.29 is 22.6 Å². The maximum absolute atomic E-state index is 13.4. The molecule has 0 radical (unpaired) electrons. The lowest BCUT2D eigenvalue weighted by Crippen LogP contribution is -2.13. The first-order chi connectivity index (χ1) is 13.8. The van der Waals surface area contributed by atoms with Gasteiger partial charge in [-0.1, -0.05) is 24.3 Å². The Kier molecular flexibility index (Phi) is 6.11. The number of rotatable bonds is 6. The molecule has 0 unspecified atom stereocenters. The molecule has 152 valence electrons. The molecule has 0 bridgehead atoms. The number of aromatic nitrogens is 1. The lowest BCUT2D eigenvalue weighted by Gasteiger charge is -2.16. The van der Waals surface area contributed by atoms with Gasteiger partial charge in [0.05, 0.1) is 19.8 Å². The number of alkyl halides is 3. The average molecular weight is 401 g/mol. The number of aryl methyl sites for hydroxylation is 1. The largest absolute Gasteiger partial charge is 0.497 e. The van der Waals surface area contributed by atoms with E-state index in [4.69, 9.17) is 9.47 Å². The molecule has 0 amide bonds. The first-order valence-corrected chi connectivity index (χ1v) is 9.12. The minimum atomic E-state index is -4.44. The van der Waals surface area contributed by atoms with Crippen molar-refractivity contribution in [3.8, 4) is 11.5 Å². The zero-order chi connectivity index (χ0) is 21.0. The van der Waals surface area contributed by atoms with Gasteiger partial charge in [-0.15, -0.1) is 0 Å². The predicted molar refractivity (Wildman–Crippen MR) is 106 cm³/mol. The maximum Gasteiger partial charge on any atom is 0.418 e. The molecular formula is C23H22F3NO2. The summed E-state index contributed by atoms with van der Waals surface area (Å²) in [5, 5.41) is 0. The molecule has 2 aromatic carbocycles. The van der Waals surface area contributed by atoms with Crippen LogP contribution in [0.5, 0.6) is 11.5 Å². The SMILES string of the molecule is COc1ccc(Cc2cc(C(F)(F)F)c(C)nc2Cc2ccc(OC)cc2)cc1. The topological polar surface area (TPSA) is 31.4 Å². The number of nitrogens with zero attached hydrogens (tertiary/aromatic N) is 1. The van der Waals surface area contributed by atoms with Crippen LogP contribution in [0.25, 0.3) is 0 Å². The van der Waals surface area contributed by atoms with Crippen LogP contribution in [-0.2, 0) is 19.0 Å². The van der Waals surface area contributed by atoms with E-state index >= 15 is 0 Å². The van der Waals surface area contributed by atoms with Gasteiger partial charge in [0.2, 0.25) is 0 Å². The third kappa shape index (κ3) is 5.08. The molecule has 1 heterocycles. The minimum Gasteiger partial charge on any atom is -0.497 e. The van der Waals surface area contributed by atoms with Crippen LogP contribution >= 0.6 is 0 Å². The molecule has 0 fully saturated rings. The molecule has 1 aromatic heterocycles. The highest BCUT2D eigenvalue weighted by Gasteiger charge is 2.34. The van der Waals surface area contributed by atoms with E-state index in [9.17, 15) is 13.2 Å². The van der Waals surface area contributed by atoms with Crippen molar-refractivity contribution in [2.24, 2.45) is 0 Å². The molecule has 0 N–H and O–H groups in total. The van der Waals surface area contributed by atoms with Gasteiger partial charge in [0.1, 0.15) is 11.5 Å². The van der Waals surface area contributed by atoms with Crippen molar-refractivity contribution in [1.29, 1.82) is 0 Å². The Morgan fingerprint density at radius 1 is 0.793 bits per heavy atom. The Labute approximate surface area is 168 Å². The number of pyridine rings is 1. The summed E-state index contributed by atoms with van der Waals surface area (Å²) in [5.74, 6) is 1.42. The summed E-state index contributed by atoms with van der Waals surface area (Å²) in [6.45, 7) is 1.40. The van der Waals surface area contributed by atoms with Gasteiger partial charge in [-0.25, -0.2) is 0 Å². The highest BCUT2D eigenvalue weighted by molar-refractivity contribution is 5.40. The van der Waals surface area contributed by atoms with Crippen LogP contribution in [0, 0.1) is 6.92 Å². The Bertz CT molecular complexity index is 965. The molecule has 6 heteroatoms. The fraction of sp³-hybridized carbons (Fsp3) is 0.261. The zero-order valence-electron chi connectivity index (χ0n) is 16.5. The predicted octanol–water partition coefficient (Wildman–Crippen LogP) is 5.61. The molecule has 0 saturated heterocycles. The smallest absolute Gasteiger partial charge is 0.418 e. The molecule has 0 aliphatic rings. The van der Waals surface area contributed by atoms with Crippen LogP contribution in [0.4, 0.5) is 13.2 Å².